The van der Waals surface area contributed by atoms with Crippen molar-refractivity contribution in [3.05, 3.63) is 30.8 Å². The molecule has 1 aliphatic heterocycles. The van der Waals surface area contributed by atoms with Gasteiger partial charge in [-0.1, -0.05) is 11.6 Å². The highest BCUT2D eigenvalue weighted by molar-refractivity contribution is 14.1. The van der Waals surface area contributed by atoms with Crippen LogP contribution in [-0.4, -0.2) is 23.3 Å². The molecule has 1 fully saturated rings. The van der Waals surface area contributed by atoms with Crippen molar-refractivity contribution in [1.82, 2.24) is 0 Å². The maximum absolute atomic E-state index is 11.9. The van der Waals surface area contributed by atoms with Crippen molar-refractivity contribution in [3.63, 3.8) is 0 Å². The Balaban J connectivity index is 2.47. The van der Waals surface area contributed by atoms with Crippen LogP contribution < -0.4 is 4.90 Å². The van der Waals surface area contributed by atoms with Crippen molar-refractivity contribution in [3.8, 4) is 0 Å². The third-order valence-corrected chi connectivity index (χ3v) is 4.89. The number of amides is 1. The molecule has 5 nitrogen and oxygen atoms in total. The van der Waals surface area contributed by atoms with E-state index in [-0.39, 0.29) is 23.2 Å². The number of anilines is 1. The summed E-state index contributed by atoms with van der Waals surface area (Å²) in [5.74, 6) is 0.214. The third-order valence-electron chi connectivity index (χ3n) is 2.93. The van der Waals surface area contributed by atoms with E-state index in [0.29, 0.717) is 27.4 Å². The first-order chi connectivity index (χ1) is 8.93. The Hall–Kier alpha value is -0.600. The molecule has 1 aromatic rings. The second-order valence-electron chi connectivity index (χ2n) is 4.24. The van der Waals surface area contributed by atoms with Crippen molar-refractivity contribution in [1.29, 1.82) is 0 Å². The fourth-order valence-corrected chi connectivity index (χ4v) is 2.82. The number of hydrogen-bond acceptors (Lipinski definition) is 3. The number of nitro benzene ring substituents is 1. The maximum Gasteiger partial charge on any atom is 0.294 e. The molecule has 0 aliphatic carbocycles. The van der Waals surface area contributed by atoms with Crippen molar-refractivity contribution in [2.24, 2.45) is 5.92 Å². The minimum atomic E-state index is -0.505. The van der Waals surface area contributed by atoms with E-state index < -0.39 is 4.92 Å². The van der Waals surface area contributed by atoms with E-state index >= 15 is 0 Å². The van der Waals surface area contributed by atoms with Crippen LogP contribution in [0.3, 0.4) is 0 Å². The summed E-state index contributed by atoms with van der Waals surface area (Å²) in [5, 5.41) is 11.5. The molecule has 1 saturated heterocycles. The molecule has 0 bridgehead atoms. The zero-order valence-corrected chi connectivity index (χ0v) is 13.3. The molecular formula is C11H9Cl2IN2O3. The first-order valence-corrected chi connectivity index (χ1v) is 7.43. The van der Waals surface area contributed by atoms with Gasteiger partial charge in [0, 0.05) is 28.5 Å². The van der Waals surface area contributed by atoms with Gasteiger partial charge in [-0.3, -0.25) is 14.9 Å². The summed E-state index contributed by atoms with van der Waals surface area (Å²) in [6, 6.07) is 2.84. The Labute approximate surface area is 133 Å². The van der Waals surface area contributed by atoms with E-state index in [9.17, 15) is 14.9 Å². The lowest BCUT2D eigenvalue weighted by atomic mass is 10.1. The second-order valence-corrected chi connectivity index (χ2v) is 6.12. The fraction of sp³-hybridized carbons (Fsp3) is 0.364. The Morgan fingerprint density at radius 2 is 2.21 bits per heavy atom. The molecule has 8 heteroatoms. The van der Waals surface area contributed by atoms with Crippen LogP contribution in [0.25, 0.3) is 0 Å². The third kappa shape index (κ3) is 2.95. The minimum absolute atomic E-state index is 0.0202. The lowest BCUT2D eigenvalue weighted by Crippen LogP contribution is -2.25. The van der Waals surface area contributed by atoms with Gasteiger partial charge in [-0.05, 0) is 34.6 Å². The van der Waals surface area contributed by atoms with Gasteiger partial charge in [0.25, 0.3) is 5.69 Å². The second kappa shape index (κ2) is 5.80. The molecule has 1 aliphatic rings. The summed E-state index contributed by atoms with van der Waals surface area (Å²) in [6.07, 6.45) is 0.310. The van der Waals surface area contributed by atoms with E-state index in [0.717, 1.165) is 0 Å². The first-order valence-electron chi connectivity index (χ1n) is 5.43. The quantitative estimate of drug-likeness (QED) is 0.329. The van der Waals surface area contributed by atoms with Crippen molar-refractivity contribution in [2.45, 2.75) is 6.42 Å². The van der Waals surface area contributed by atoms with E-state index in [1.54, 1.807) is 0 Å². The molecule has 102 valence electrons. The lowest BCUT2D eigenvalue weighted by molar-refractivity contribution is -0.384. The number of halogens is 3. The SMILES string of the molecule is O=C1CC(CCl)CN1c1cc(Cl)c(I)cc1[N+](=O)[O-]. The molecule has 1 aromatic carbocycles. The highest BCUT2D eigenvalue weighted by Gasteiger charge is 2.34. The predicted octanol–water partition coefficient (Wildman–Crippen LogP) is 3.44. The molecule has 1 unspecified atom stereocenters. The minimum Gasteiger partial charge on any atom is -0.306 e. The summed E-state index contributed by atoms with van der Waals surface area (Å²) in [4.78, 5) is 23.9. The van der Waals surface area contributed by atoms with Crippen molar-refractivity contribution in [2.75, 3.05) is 17.3 Å². The molecular weight excluding hydrogens is 406 g/mol. The highest BCUT2D eigenvalue weighted by atomic mass is 127. The van der Waals surface area contributed by atoms with E-state index in [2.05, 4.69) is 0 Å². The van der Waals surface area contributed by atoms with Gasteiger partial charge in [-0.25, -0.2) is 0 Å². The number of carbonyl (C=O) groups is 1. The molecule has 0 saturated carbocycles. The Bertz CT molecular complexity index is 553. The number of rotatable bonds is 3. The van der Waals surface area contributed by atoms with Gasteiger partial charge >= 0.3 is 0 Å². The molecule has 1 atom stereocenters. The van der Waals surface area contributed by atoms with Crippen LogP contribution in [0.4, 0.5) is 11.4 Å². The summed E-state index contributed by atoms with van der Waals surface area (Å²) < 4.78 is 0.579. The molecule has 0 spiro atoms. The normalized spacial score (nSPS) is 19.0. The van der Waals surface area contributed by atoms with Crippen LogP contribution in [0, 0.1) is 19.6 Å². The smallest absolute Gasteiger partial charge is 0.294 e. The Morgan fingerprint density at radius 1 is 1.53 bits per heavy atom. The van der Waals surface area contributed by atoms with Crippen LogP contribution in [0.2, 0.25) is 5.02 Å². The molecule has 1 heterocycles. The standard InChI is InChI=1S/C11H9Cl2IN2O3/c12-4-6-1-11(17)15(5-6)9-2-7(13)8(14)3-10(9)16(18)19/h2-3,6H,1,4-5H2. The molecule has 0 aromatic heterocycles. The summed E-state index contributed by atoms with van der Waals surface area (Å²) in [6.45, 7) is 0.389. The Morgan fingerprint density at radius 3 is 2.74 bits per heavy atom. The Kier molecular flexibility index (Phi) is 4.52. The van der Waals surface area contributed by atoms with E-state index in [4.69, 9.17) is 23.2 Å². The van der Waals surface area contributed by atoms with Crippen LogP contribution in [0.5, 0.6) is 0 Å². The summed E-state index contributed by atoms with van der Waals surface area (Å²) in [7, 11) is 0. The average Bonchev–Trinajstić information content (AvgIpc) is 2.73. The van der Waals surface area contributed by atoms with Gasteiger partial charge in [0.1, 0.15) is 5.69 Å². The fourth-order valence-electron chi connectivity index (χ4n) is 2.01. The molecule has 0 N–H and O–H groups in total. The largest absolute Gasteiger partial charge is 0.306 e. The number of alkyl halides is 1. The van der Waals surface area contributed by atoms with Crippen molar-refractivity contribution >= 4 is 63.1 Å². The zero-order valence-electron chi connectivity index (χ0n) is 9.61. The number of carbonyl (C=O) groups excluding carboxylic acids is 1. The maximum atomic E-state index is 11.9. The number of nitrogens with zero attached hydrogens (tertiary/aromatic N) is 2. The van der Waals surface area contributed by atoms with Crippen LogP contribution in [-0.2, 0) is 4.79 Å². The monoisotopic (exact) mass is 414 g/mol. The number of benzene rings is 1. The van der Waals surface area contributed by atoms with Crippen LogP contribution in [0.1, 0.15) is 6.42 Å². The van der Waals surface area contributed by atoms with Gasteiger partial charge in [-0.15, -0.1) is 11.6 Å². The average molecular weight is 415 g/mol. The zero-order chi connectivity index (χ0) is 14.2. The van der Waals surface area contributed by atoms with Crippen LogP contribution >= 0.6 is 45.8 Å². The predicted molar refractivity (Wildman–Crippen MR) is 82.0 cm³/mol. The molecule has 19 heavy (non-hydrogen) atoms. The van der Waals surface area contributed by atoms with Gasteiger partial charge in [-0.2, -0.15) is 0 Å². The van der Waals surface area contributed by atoms with E-state index in [1.807, 2.05) is 22.6 Å². The van der Waals surface area contributed by atoms with Crippen molar-refractivity contribution < 1.29 is 9.72 Å². The van der Waals surface area contributed by atoms with Crippen LogP contribution in [0.15, 0.2) is 12.1 Å². The van der Waals surface area contributed by atoms with E-state index in [1.165, 1.54) is 17.0 Å². The topological polar surface area (TPSA) is 63.5 Å². The van der Waals surface area contributed by atoms with Gasteiger partial charge in [0.2, 0.25) is 5.91 Å². The molecule has 0 radical (unpaired) electrons. The summed E-state index contributed by atoms with van der Waals surface area (Å²) in [5.41, 5.74) is 0.130. The van der Waals surface area contributed by atoms with Gasteiger partial charge in [0.15, 0.2) is 0 Å². The highest BCUT2D eigenvalue weighted by Crippen LogP contribution is 2.37. The number of hydrogen-bond donors (Lipinski definition) is 0. The molecule has 1 amide bonds. The van der Waals surface area contributed by atoms with Gasteiger partial charge in [0.05, 0.1) is 9.95 Å². The lowest BCUT2D eigenvalue weighted by Gasteiger charge is -2.17. The first kappa shape index (κ1) is 14.8. The number of nitro groups is 1. The van der Waals surface area contributed by atoms with Gasteiger partial charge < -0.3 is 4.90 Å². The molecule has 2 rings (SSSR count). The summed E-state index contributed by atoms with van der Waals surface area (Å²) >= 11 is 13.7.